The molecule has 1 saturated heterocycles. The van der Waals surface area contributed by atoms with Crippen LogP contribution in [0, 0.1) is 5.92 Å². The number of amides is 1. The fraction of sp³-hybridized carbons (Fsp3) is 0.588. The summed E-state index contributed by atoms with van der Waals surface area (Å²) in [4.78, 5) is 12.4. The average molecular weight is 290 g/mol. The van der Waals surface area contributed by atoms with Gasteiger partial charge in [-0.15, -0.1) is 0 Å². The highest BCUT2D eigenvalue weighted by Gasteiger charge is 2.20. The van der Waals surface area contributed by atoms with E-state index in [9.17, 15) is 4.79 Å². The highest BCUT2D eigenvalue weighted by molar-refractivity contribution is 5.96. The van der Waals surface area contributed by atoms with Gasteiger partial charge in [-0.25, -0.2) is 0 Å². The summed E-state index contributed by atoms with van der Waals surface area (Å²) in [6.07, 6.45) is 4.36. The molecule has 1 aromatic carbocycles. The summed E-state index contributed by atoms with van der Waals surface area (Å²) in [6, 6.07) is 7.54. The summed E-state index contributed by atoms with van der Waals surface area (Å²) in [5.41, 5.74) is 0.759. The standard InChI is InChI=1S/C17H26N2O2/c1-13(2)12-21-16-10-6-5-8-14(16)19-17(20)15-9-4-3-7-11-18-15/h5-6,8,10,13,15,18H,3-4,7,9,11-12H2,1-2H3,(H,19,20). The average Bonchev–Trinajstić information content (AvgIpc) is 2.75. The summed E-state index contributed by atoms with van der Waals surface area (Å²) in [5, 5.41) is 6.32. The Labute approximate surface area is 127 Å². The lowest BCUT2D eigenvalue weighted by molar-refractivity contribution is -0.118. The van der Waals surface area contributed by atoms with E-state index in [2.05, 4.69) is 24.5 Å². The van der Waals surface area contributed by atoms with Crippen molar-refractivity contribution in [1.29, 1.82) is 0 Å². The molecule has 21 heavy (non-hydrogen) atoms. The normalized spacial score (nSPS) is 19.1. The zero-order valence-corrected chi connectivity index (χ0v) is 13.0. The van der Waals surface area contributed by atoms with Crippen LogP contribution in [0.15, 0.2) is 24.3 Å². The maximum atomic E-state index is 12.4. The molecule has 1 aliphatic rings. The van der Waals surface area contributed by atoms with E-state index in [1.165, 1.54) is 6.42 Å². The molecule has 1 atom stereocenters. The number of hydrogen-bond acceptors (Lipinski definition) is 3. The third kappa shape index (κ3) is 5.05. The van der Waals surface area contributed by atoms with Crippen molar-refractivity contribution in [3.8, 4) is 5.75 Å². The second kappa shape index (κ2) is 8.03. The number of ether oxygens (including phenoxy) is 1. The molecule has 4 heteroatoms. The van der Waals surface area contributed by atoms with Gasteiger partial charge in [-0.05, 0) is 37.4 Å². The molecule has 1 unspecified atom stereocenters. The topological polar surface area (TPSA) is 50.4 Å². The van der Waals surface area contributed by atoms with Crippen molar-refractivity contribution in [3.05, 3.63) is 24.3 Å². The van der Waals surface area contributed by atoms with Gasteiger partial charge in [0.1, 0.15) is 5.75 Å². The van der Waals surface area contributed by atoms with Gasteiger partial charge in [0.2, 0.25) is 5.91 Å². The molecule has 1 aliphatic heterocycles. The third-order valence-corrected chi connectivity index (χ3v) is 3.59. The van der Waals surface area contributed by atoms with E-state index in [0.717, 1.165) is 37.2 Å². The van der Waals surface area contributed by atoms with E-state index in [1.807, 2.05) is 24.3 Å². The SMILES string of the molecule is CC(C)COc1ccccc1NC(=O)C1CCCCCN1. The summed E-state index contributed by atoms with van der Waals surface area (Å²) in [7, 11) is 0. The van der Waals surface area contributed by atoms with Crippen molar-refractivity contribution in [2.45, 2.75) is 45.6 Å². The first kappa shape index (κ1) is 15.8. The molecular formula is C17H26N2O2. The fourth-order valence-electron chi connectivity index (χ4n) is 2.42. The predicted octanol–water partition coefficient (Wildman–Crippen LogP) is 3.19. The molecule has 0 spiro atoms. The number of para-hydroxylation sites is 2. The molecule has 0 bridgehead atoms. The molecule has 2 rings (SSSR count). The molecule has 0 saturated carbocycles. The maximum Gasteiger partial charge on any atom is 0.241 e. The molecule has 0 aliphatic carbocycles. The molecule has 4 nitrogen and oxygen atoms in total. The Kier molecular flexibility index (Phi) is 6.05. The Morgan fingerprint density at radius 3 is 2.95 bits per heavy atom. The summed E-state index contributed by atoms with van der Waals surface area (Å²) >= 11 is 0. The van der Waals surface area contributed by atoms with Gasteiger partial charge in [0.05, 0.1) is 18.3 Å². The molecule has 0 aromatic heterocycles. The number of rotatable bonds is 5. The first-order valence-electron chi connectivity index (χ1n) is 7.93. The zero-order valence-electron chi connectivity index (χ0n) is 13.0. The minimum atomic E-state index is -0.0920. The molecule has 1 fully saturated rings. The van der Waals surface area contributed by atoms with Crippen molar-refractivity contribution in [1.82, 2.24) is 5.32 Å². The smallest absolute Gasteiger partial charge is 0.241 e. The lowest BCUT2D eigenvalue weighted by Gasteiger charge is -2.18. The van der Waals surface area contributed by atoms with Crippen molar-refractivity contribution in [2.75, 3.05) is 18.5 Å². The second-order valence-electron chi connectivity index (χ2n) is 6.05. The minimum Gasteiger partial charge on any atom is -0.491 e. The molecule has 1 amide bonds. The van der Waals surface area contributed by atoms with E-state index >= 15 is 0 Å². The lowest BCUT2D eigenvalue weighted by atomic mass is 10.1. The van der Waals surface area contributed by atoms with Gasteiger partial charge in [-0.3, -0.25) is 4.79 Å². The van der Waals surface area contributed by atoms with E-state index in [0.29, 0.717) is 12.5 Å². The van der Waals surface area contributed by atoms with Gasteiger partial charge in [-0.2, -0.15) is 0 Å². The quantitative estimate of drug-likeness (QED) is 0.875. The number of anilines is 1. The zero-order chi connectivity index (χ0) is 15.1. The van der Waals surface area contributed by atoms with Crippen molar-refractivity contribution in [2.24, 2.45) is 5.92 Å². The molecule has 0 radical (unpaired) electrons. The van der Waals surface area contributed by atoms with Crippen LogP contribution in [-0.4, -0.2) is 25.1 Å². The van der Waals surface area contributed by atoms with Crippen LogP contribution in [0.5, 0.6) is 5.75 Å². The maximum absolute atomic E-state index is 12.4. The third-order valence-electron chi connectivity index (χ3n) is 3.59. The van der Waals surface area contributed by atoms with Crippen LogP contribution in [0.4, 0.5) is 5.69 Å². The Balaban J connectivity index is 1.99. The van der Waals surface area contributed by atoms with Crippen LogP contribution < -0.4 is 15.4 Å². The minimum absolute atomic E-state index is 0.0393. The first-order chi connectivity index (χ1) is 10.2. The van der Waals surface area contributed by atoms with Crippen molar-refractivity contribution in [3.63, 3.8) is 0 Å². The predicted molar refractivity (Wildman–Crippen MR) is 85.7 cm³/mol. The van der Waals surface area contributed by atoms with Gasteiger partial charge in [-0.1, -0.05) is 38.8 Å². The molecule has 1 aromatic rings. The van der Waals surface area contributed by atoms with Crippen molar-refractivity contribution < 1.29 is 9.53 Å². The highest BCUT2D eigenvalue weighted by Crippen LogP contribution is 2.25. The monoisotopic (exact) mass is 290 g/mol. The van der Waals surface area contributed by atoms with Crippen LogP contribution in [0.1, 0.15) is 39.5 Å². The van der Waals surface area contributed by atoms with E-state index in [-0.39, 0.29) is 11.9 Å². The van der Waals surface area contributed by atoms with Crippen molar-refractivity contribution >= 4 is 11.6 Å². The van der Waals surface area contributed by atoms with Gasteiger partial charge in [0.25, 0.3) is 0 Å². The van der Waals surface area contributed by atoms with Crippen LogP contribution in [0.2, 0.25) is 0 Å². The first-order valence-corrected chi connectivity index (χ1v) is 7.93. The lowest BCUT2D eigenvalue weighted by Crippen LogP contribution is -2.39. The molecule has 116 valence electrons. The summed E-state index contributed by atoms with van der Waals surface area (Å²) in [5.74, 6) is 1.24. The Morgan fingerprint density at radius 1 is 1.33 bits per heavy atom. The Bertz CT molecular complexity index is 452. The highest BCUT2D eigenvalue weighted by atomic mass is 16.5. The van der Waals surface area contributed by atoms with Gasteiger partial charge < -0.3 is 15.4 Å². The summed E-state index contributed by atoms with van der Waals surface area (Å²) < 4.78 is 5.78. The molecule has 2 N–H and O–H groups in total. The molecular weight excluding hydrogens is 264 g/mol. The fourth-order valence-corrected chi connectivity index (χ4v) is 2.42. The van der Waals surface area contributed by atoms with E-state index < -0.39 is 0 Å². The van der Waals surface area contributed by atoms with Gasteiger partial charge in [0.15, 0.2) is 0 Å². The Morgan fingerprint density at radius 2 is 2.14 bits per heavy atom. The number of nitrogens with one attached hydrogen (secondary N) is 2. The van der Waals surface area contributed by atoms with Crippen LogP contribution in [0.25, 0.3) is 0 Å². The Hall–Kier alpha value is -1.55. The second-order valence-corrected chi connectivity index (χ2v) is 6.05. The number of hydrogen-bond donors (Lipinski definition) is 2. The number of carbonyl (C=O) groups is 1. The number of carbonyl (C=O) groups excluding carboxylic acids is 1. The van der Waals surface area contributed by atoms with Crippen LogP contribution in [0.3, 0.4) is 0 Å². The van der Waals surface area contributed by atoms with E-state index in [1.54, 1.807) is 0 Å². The number of benzene rings is 1. The van der Waals surface area contributed by atoms with Crippen LogP contribution in [-0.2, 0) is 4.79 Å². The van der Waals surface area contributed by atoms with Gasteiger partial charge in [0, 0.05) is 0 Å². The van der Waals surface area contributed by atoms with Gasteiger partial charge >= 0.3 is 0 Å². The van der Waals surface area contributed by atoms with Crippen LogP contribution >= 0.6 is 0 Å². The summed E-state index contributed by atoms with van der Waals surface area (Å²) in [6.45, 7) is 5.78. The van der Waals surface area contributed by atoms with E-state index in [4.69, 9.17) is 4.74 Å². The molecule has 1 heterocycles. The largest absolute Gasteiger partial charge is 0.491 e.